The Morgan fingerprint density at radius 3 is 2.57 bits per heavy atom. The molecule has 0 saturated heterocycles. The van der Waals surface area contributed by atoms with E-state index >= 15 is 0 Å². The summed E-state index contributed by atoms with van der Waals surface area (Å²) in [7, 11) is -3.85. The molecule has 1 amide bonds. The van der Waals surface area contributed by atoms with Crippen molar-refractivity contribution in [1.29, 1.82) is 0 Å². The second-order valence-electron chi connectivity index (χ2n) is 5.29. The van der Waals surface area contributed by atoms with Gasteiger partial charge in [-0.3, -0.25) is 4.79 Å². The molecular weight excluding hydrogens is 294 g/mol. The number of carbonyl (C=O) groups is 2. The molecule has 7 heteroatoms. The van der Waals surface area contributed by atoms with Crippen LogP contribution in [0.15, 0.2) is 23.1 Å². The molecule has 0 aliphatic heterocycles. The highest BCUT2D eigenvalue weighted by atomic mass is 32.2. The molecule has 2 rings (SSSR count). The van der Waals surface area contributed by atoms with E-state index in [0.29, 0.717) is 18.0 Å². The van der Waals surface area contributed by atoms with Crippen LogP contribution in [0.5, 0.6) is 0 Å². The molecule has 0 heterocycles. The van der Waals surface area contributed by atoms with E-state index in [9.17, 15) is 18.0 Å². The van der Waals surface area contributed by atoms with Crippen LogP contribution in [-0.4, -0.2) is 37.7 Å². The third kappa shape index (κ3) is 4.04. The van der Waals surface area contributed by atoms with E-state index in [1.807, 2.05) is 0 Å². The van der Waals surface area contributed by atoms with Gasteiger partial charge >= 0.3 is 5.97 Å². The van der Waals surface area contributed by atoms with E-state index in [-0.39, 0.29) is 10.5 Å². The Kier molecular flexibility index (Phi) is 4.32. The first kappa shape index (κ1) is 15.5. The number of rotatable bonds is 6. The summed E-state index contributed by atoms with van der Waals surface area (Å²) in [4.78, 5) is 22.5. The number of sulfone groups is 1. The molecule has 0 unspecified atom stereocenters. The van der Waals surface area contributed by atoms with Crippen molar-refractivity contribution >= 4 is 21.7 Å². The van der Waals surface area contributed by atoms with Crippen LogP contribution in [0.1, 0.15) is 28.8 Å². The van der Waals surface area contributed by atoms with Crippen LogP contribution in [0.25, 0.3) is 0 Å². The van der Waals surface area contributed by atoms with E-state index in [2.05, 4.69) is 5.32 Å². The van der Waals surface area contributed by atoms with Gasteiger partial charge in [-0.2, -0.15) is 0 Å². The second kappa shape index (κ2) is 5.85. The zero-order chi connectivity index (χ0) is 15.6. The number of hydrogen-bond donors (Lipinski definition) is 2. The van der Waals surface area contributed by atoms with Gasteiger partial charge in [0, 0.05) is 6.54 Å². The Hall–Kier alpha value is -1.89. The molecule has 1 aromatic carbocycles. The Labute approximate surface area is 123 Å². The van der Waals surface area contributed by atoms with Gasteiger partial charge in [-0.1, -0.05) is 6.07 Å². The number of aromatic carboxylic acids is 1. The Balaban J connectivity index is 2.15. The van der Waals surface area contributed by atoms with E-state index in [4.69, 9.17) is 5.11 Å². The van der Waals surface area contributed by atoms with Crippen LogP contribution >= 0.6 is 0 Å². The minimum atomic E-state index is -3.85. The maximum atomic E-state index is 12.2. The van der Waals surface area contributed by atoms with Gasteiger partial charge in [0.25, 0.3) is 0 Å². The normalized spacial score (nSPS) is 14.7. The predicted molar refractivity (Wildman–Crippen MR) is 75.9 cm³/mol. The number of hydrogen-bond acceptors (Lipinski definition) is 4. The van der Waals surface area contributed by atoms with Gasteiger partial charge in [0.1, 0.15) is 5.75 Å². The molecule has 1 fully saturated rings. The average molecular weight is 311 g/mol. The first-order chi connectivity index (χ1) is 9.79. The average Bonchev–Trinajstić information content (AvgIpc) is 3.19. The van der Waals surface area contributed by atoms with Crippen LogP contribution in [0.3, 0.4) is 0 Å². The number of nitrogens with one attached hydrogen (secondary N) is 1. The molecule has 21 heavy (non-hydrogen) atoms. The van der Waals surface area contributed by atoms with Crippen LogP contribution < -0.4 is 5.32 Å². The van der Waals surface area contributed by atoms with E-state index in [1.165, 1.54) is 12.1 Å². The Morgan fingerprint density at radius 1 is 1.33 bits per heavy atom. The van der Waals surface area contributed by atoms with Crippen LogP contribution in [0.2, 0.25) is 0 Å². The van der Waals surface area contributed by atoms with Gasteiger partial charge in [-0.25, -0.2) is 13.2 Å². The van der Waals surface area contributed by atoms with Crippen molar-refractivity contribution in [3.05, 3.63) is 29.3 Å². The lowest BCUT2D eigenvalue weighted by molar-refractivity contribution is -0.118. The Morgan fingerprint density at radius 2 is 2.00 bits per heavy atom. The maximum absolute atomic E-state index is 12.2. The molecule has 1 saturated carbocycles. The van der Waals surface area contributed by atoms with Gasteiger partial charge < -0.3 is 10.4 Å². The van der Waals surface area contributed by atoms with Crippen LogP contribution in [0.4, 0.5) is 0 Å². The lowest BCUT2D eigenvalue weighted by atomic mass is 10.1. The molecular formula is C14H17NO5S. The smallest absolute Gasteiger partial charge is 0.335 e. The second-order valence-corrected chi connectivity index (χ2v) is 7.25. The van der Waals surface area contributed by atoms with Crippen LogP contribution in [-0.2, 0) is 14.6 Å². The van der Waals surface area contributed by atoms with Gasteiger partial charge in [0.2, 0.25) is 5.91 Å². The summed E-state index contributed by atoms with van der Waals surface area (Å²) in [6, 6.07) is 3.86. The van der Waals surface area contributed by atoms with Gasteiger partial charge in [-0.05, 0) is 43.4 Å². The van der Waals surface area contributed by atoms with E-state index in [1.54, 1.807) is 6.92 Å². The number of carboxylic acid groups (broad SMARTS) is 1. The number of benzene rings is 1. The topological polar surface area (TPSA) is 101 Å². The van der Waals surface area contributed by atoms with Crippen molar-refractivity contribution in [2.24, 2.45) is 5.92 Å². The quantitative estimate of drug-likeness (QED) is 0.816. The highest BCUT2D eigenvalue weighted by Gasteiger charge is 2.25. The zero-order valence-corrected chi connectivity index (χ0v) is 12.4. The number of carboxylic acids is 1. The van der Waals surface area contributed by atoms with Crippen LogP contribution in [0, 0.1) is 12.8 Å². The fraction of sp³-hybridized carbons (Fsp3) is 0.429. The summed E-state index contributed by atoms with van der Waals surface area (Å²) < 4.78 is 24.5. The fourth-order valence-electron chi connectivity index (χ4n) is 1.95. The molecule has 2 N–H and O–H groups in total. The number of amides is 1. The van der Waals surface area contributed by atoms with E-state index in [0.717, 1.165) is 18.9 Å². The third-order valence-electron chi connectivity index (χ3n) is 3.38. The highest BCUT2D eigenvalue weighted by molar-refractivity contribution is 7.92. The minimum Gasteiger partial charge on any atom is -0.478 e. The van der Waals surface area contributed by atoms with Gasteiger partial charge in [0.15, 0.2) is 9.84 Å². The lowest BCUT2D eigenvalue weighted by Gasteiger charge is -2.09. The van der Waals surface area contributed by atoms with Crippen molar-refractivity contribution in [3.63, 3.8) is 0 Å². The Bertz CT molecular complexity index is 677. The number of carbonyl (C=O) groups excluding carboxylic acids is 1. The number of aryl methyl sites for hydroxylation is 1. The molecule has 0 radical (unpaired) electrons. The molecule has 1 aromatic rings. The molecule has 0 spiro atoms. The molecule has 1 aliphatic carbocycles. The lowest BCUT2D eigenvalue weighted by Crippen LogP contribution is -2.32. The fourth-order valence-corrected chi connectivity index (χ4v) is 3.42. The summed E-state index contributed by atoms with van der Waals surface area (Å²) in [6.45, 7) is 2.07. The summed E-state index contributed by atoms with van der Waals surface area (Å²) >= 11 is 0. The molecule has 6 nitrogen and oxygen atoms in total. The zero-order valence-electron chi connectivity index (χ0n) is 11.6. The summed E-state index contributed by atoms with van der Waals surface area (Å²) in [5, 5.41) is 11.5. The molecule has 0 aromatic heterocycles. The molecule has 0 bridgehead atoms. The monoisotopic (exact) mass is 311 g/mol. The van der Waals surface area contributed by atoms with Crippen molar-refractivity contribution in [2.75, 3.05) is 12.3 Å². The van der Waals surface area contributed by atoms with Crippen molar-refractivity contribution < 1.29 is 23.1 Å². The first-order valence-corrected chi connectivity index (χ1v) is 8.28. The van der Waals surface area contributed by atoms with Crippen molar-refractivity contribution in [2.45, 2.75) is 24.7 Å². The highest BCUT2D eigenvalue weighted by Crippen LogP contribution is 2.27. The first-order valence-electron chi connectivity index (χ1n) is 6.63. The maximum Gasteiger partial charge on any atom is 0.335 e. The van der Waals surface area contributed by atoms with Gasteiger partial charge in [-0.15, -0.1) is 0 Å². The molecule has 114 valence electrons. The molecule has 0 atom stereocenters. The van der Waals surface area contributed by atoms with Crippen molar-refractivity contribution in [1.82, 2.24) is 5.32 Å². The minimum absolute atomic E-state index is 0.107. The predicted octanol–water partition coefficient (Wildman–Crippen LogP) is 0.993. The summed E-state index contributed by atoms with van der Waals surface area (Å²) in [5.41, 5.74) is 0.313. The van der Waals surface area contributed by atoms with E-state index < -0.39 is 27.5 Å². The largest absolute Gasteiger partial charge is 0.478 e. The summed E-state index contributed by atoms with van der Waals surface area (Å²) in [5.74, 6) is -1.95. The summed E-state index contributed by atoms with van der Waals surface area (Å²) in [6.07, 6.45) is 2.12. The standard InChI is InChI=1S/C14H17NO5S/c1-9-2-5-11(14(17)18)6-12(9)21(19,20)8-13(16)15-7-10-3-4-10/h2,5-6,10H,3-4,7-8H2,1H3,(H,15,16)(H,17,18). The van der Waals surface area contributed by atoms with Crippen molar-refractivity contribution in [3.8, 4) is 0 Å². The third-order valence-corrected chi connectivity index (χ3v) is 5.13. The van der Waals surface area contributed by atoms with Gasteiger partial charge in [0.05, 0.1) is 10.5 Å². The SMILES string of the molecule is Cc1ccc(C(=O)O)cc1S(=O)(=O)CC(=O)NCC1CC1. The molecule has 1 aliphatic rings.